The minimum Gasteiger partial charge on any atom is -0.493 e. The molecule has 0 aliphatic carbocycles. The Morgan fingerprint density at radius 1 is 1.08 bits per heavy atom. The molecule has 0 saturated carbocycles. The van der Waals surface area contributed by atoms with Crippen LogP contribution in [0.3, 0.4) is 0 Å². The molecule has 1 aromatic heterocycles. The smallest absolute Gasteiger partial charge is 0.248 e. The van der Waals surface area contributed by atoms with Crippen molar-refractivity contribution in [1.29, 1.82) is 0 Å². The van der Waals surface area contributed by atoms with Gasteiger partial charge in [0.05, 0.1) is 25.4 Å². The number of hydrogen-bond donors (Lipinski definition) is 1. The lowest BCUT2D eigenvalue weighted by atomic mass is 10.1. The highest BCUT2D eigenvalue weighted by atomic mass is 19.1. The van der Waals surface area contributed by atoms with Crippen LogP contribution in [0, 0.1) is 5.82 Å². The zero-order valence-corrected chi connectivity index (χ0v) is 14.3. The first kappa shape index (κ1) is 17.4. The monoisotopic (exact) mass is 352 g/mol. The third-order valence-corrected chi connectivity index (χ3v) is 3.80. The average molecular weight is 352 g/mol. The maximum absolute atomic E-state index is 13.5. The van der Waals surface area contributed by atoms with Crippen LogP contribution in [0.4, 0.5) is 10.1 Å². The lowest BCUT2D eigenvalue weighted by Crippen LogP contribution is -2.08. The van der Waals surface area contributed by atoms with Crippen LogP contribution in [0.5, 0.6) is 11.5 Å². The van der Waals surface area contributed by atoms with Gasteiger partial charge in [0.1, 0.15) is 5.82 Å². The number of benzene rings is 2. The van der Waals surface area contributed by atoms with Crippen molar-refractivity contribution in [3.05, 3.63) is 66.1 Å². The number of anilines is 1. The number of carbonyl (C=O) groups excluding carboxylic acids is 1. The highest BCUT2D eigenvalue weighted by Gasteiger charge is 2.06. The molecule has 0 saturated heterocycles. The number of nitrogens with zero attached hydrogens (tertiary/aromatic N) is 1. The van der Waals surface area contributed by atoms with Crippen LogP contribution in [0.25, 0.3) is 17.0 Å². The topological polar surface area (TPSA) is 60.5 Å². The Kier molecular flexibility index (Phi) is 5.12. The van der Waals surface area contributed by atoms with Gasteiger partial charge in [-0.3, -0.25) is 9.78 Å². The van der Waals surface area contributed by atoms with E-state index in [2.05, 4.69) is 10.3 Å². The average Bonchev–Trinajstić information content (AvgIpc) is 2.66. The van der Waals surface area contributed by atoms with Gasteiger partial charge < -0.3 is 14.8 Å². The van der Waals surface area contributed by atoms with E-state index >= 15 is 0 Å². The molecule has 0 aliphatic rings. The molecule has 2 aromatic carbocycles. The second-order valence-corrected chi connectivity index (χ2v) is 5.46. The normalized spacial score (nSPS) is 10.9. The van der Waals surface area contributed by atoms with E-state index in [1.807, 2.05) is 6.07 Å². The fourth-order valence-electron chi connectivity index (χ4n) is 2.53. The first-order chi connectivity index (χ1) is 12.6. The summed E-state index contributed by atoms with van der Waals surface area (Å²) >= 11 is 0. The van der Waals surface area contributed by atoms with Gasteiger partial charge in [0, 0.05) is 17.7 Å². The highest BCUT2D eigenvalue weighted by Crippen LogP contribution is 2.28. The minimum absolute atomic E-state index is 0.337. The summed E-state index contributed by atoms with van der Waals surface area (Å²) in [5.41, 5.74) is 1.88. The summed E-state index contributed by atoms with van der Waals surface area (Å²) < 4.78 is 23.9. The van der Waals surface area contributed by atoms with Crippen molar-refractivity contribution in [3.8, 4) is 11.5 Å². The Hall–Kier alpha value is -3.41. The van der Waals surface area contributed by atoms with Gasteiger partial charge in [-0.05, 0) is 48.0 Å². The predicted molar refractivity (Wildman–Crippen MR) is 98.9 cm³/mol. The predicted octanol–water partition coefficient (Wildman–Crippen LogP) is 4.04. The van der Waals surface area contributed by atoms with E-state index in [1.54, 1.807) is 50.8 Å². The van der Waals surface area contributed by atoms with E-state index in [0.717, 1.165) is 5.56 Å². The Morgan fingerprint density at radius 3 is 2.65 bits per heavy atom. The first-order valence-electron chi connectivity index (χ1n) is 7.86. The molecule has 3 aromatic rings. The summed E-state index contributed by atoms with van der Waals surface area (Å²) in [5, 5.41) is 3.29. The van der Waals surface area contributed by atoms with Crippen molar-refractivity contribution < 1.29 is 18.7 Å². The zero-order valence-electron chi connectivity index (χ0n) is 14.3. The van der Waals surface area contributed by atoms with E-state index < -0.39 is 0 Å². The number of methoxy groups -OCH3 is 2. The molecule has 3 rings (SSSR count). The first-order valence-corrected chi connectivity index (χ1v) is 7.86. The Bertz CT molecular complexity index is 986. The quantitative estimate of drug-likeness (QED) is 0.704. The van der Waals surface area contributed by atoms with Gasteiger partial charge in [-0.1, -0.05) is 6.07 Å². The molecular formula is C20H17FN2O3. The number of hydrogen-bond acceptors (Lipinski definition) is 4. The van der Waals surface area contributed by atoms with E-state index in [4.69, 9.17) is 9.47 Å². The van der Waals surface area contributed by atoms with E-state index in [1.165, 1.54) is 18.2 Å². The molecule has 0 bridgehead atoms. The maximum atomic E-state index is 13.5. The van der Waals surface area contributed by atoms with Gasteiger partial charge >= 0.3 is 0 Å². The van der Waals surface area contributed by atoms with Gasteiger partial charge in [0.2, 0.25) is 5.91 Å². The van der Waals surface area contributed by atoms with Gasteiger partial charge in [-0.15, -0.1) is 0 Å². The van der Waals surface area contributed by atoms with E-state index in [9.17, 15) is 9.18 Å². The van der Waals surface area contributed by atoms with Crippen LogP contribution in [-0.4, -0.2) is 25.1 Å². The third-order valence-electron chi connectivity index (χ3n) is 3.80. The number of amides is 1. The standard InChI is InChI=1S/C20H17FN2O3/c1-25-18-7-3-13(11-19(18)26-2)4-8-20(24)23-17-9-10-22-16-6-5-14(21)12-15(16)17/h3-12H,1-2H3,(H,22,23,24). The molecule has 1 N–H and O–H groups in total. The largest absolute Gasteiger partial charge is 0.493 e. The molecule has 0 fully saturated rings. The number of aromatic nitrogens is 1. The van der Waals surface area contributed by atoms with Crippen molar-refractivity contribution in [3.63, 3.8) is 0 Å². The molecule has 0 aliphatic heterocycles. The van der Waals surface area contributed by atoms with Gasteiger partial charge in [0.25, 0.3) is 0 Å². The van der Waals surface area contributed by atoms with Crippen LogP contribution in [-0.2, 0) is 4.79 Å². The molecule has 1 heterocycles. The van der Waals surface area contributed by atoms with Crippen LogP contribution in [0.2, 0.25) is 0 Å². The maximum Gasteiger partial charge on any atom is 0.248 e. The number of nitrogens with one attached hydrogen (secondary N) is 1. The highest BCUT2D eigenvalue weighted by molar-refractivity contribution is 6.06. The molecule has 0 unspecified atom stereocenters. The van der Waals surface area contributed by atoms with Crippen LogP contribution < -0.4 is 14.8 Å². The summed E-state index contributed by atoms with van der Waals surface area (Å²) in [6.45, 7) is 0. The van der Waals surface area contributed by atoms with E-state index in [-0.39, 0.29) is 11.7 Å². The van der Waals surface area contributed by atoms with Crippen molar-refractivity contribution in [2.75, 3.05) is 19.5 Å². The molecule has 0 radical (unpaired) electrons. The van der Waals surface area contributed by atoms with Gasteiger partial charge in [-0.25, -0.2) is 4.39 Å². The van der Waals surface area contributed by atoms with Crippen molar-refractivity contribution in [2.45, 2.75) is 0 Å². The van der Waals surface area contributed by atoms with Gasteiger partial charge in [-0.2, -0.15) is 0 Å². The Morgan fingerprint density at radius 2 is 1.88 bits per heavy atom. The minimum atomic E-state index is -0.387. The van der Waals surface area contributed by atoms with Gasteiger partial charge in [0.15, 0.2) is 11.5 Å². The number of ether oxygens (including phenoxy) is 2. The molecule has 1 amide bonds. The molecule has 0 atom stereocenters. The molecule has 6 heteroatoms. The summed E-state index contributed by atoms with van der Waals surface area (Å²) in [6, 6.07) is 11.2. The van der Waals surface area contributed by atoms with Crippen molar-refractivity contribution in [2.24, 2.45) is 0 Å². The number of halogens is 1. The van der Waals surface area contributed by atoms with Crippen molar-refractivity contribution in [1.82, 2.24) is 4.98 Å². The SMILES string of the molecule is COc1ccc(C=CC(=O)Nc2ccnc3ccc(F)cc23)cc1OC. The third kappa shape index (κ3) is 3.80. The van der Waals surface area contributed by atoms with E-state index in [0.29, 0.717) is 28.1 Å². The van der Waals surface area contributed by atoms with Crippen LogP contribution >= 0.6 is 0 Å². The lowest BCUT2D eigenvalue weighted by molar-refractivity contribution is -0.111. The number of pyridine rings is 1. The molecule has 0 spiro atoms. The fraction of sp³-hybridized carbons (Fsp3) is 0.100. The number of carbonyl (C=O) groups is 1. The Labute approximate surface area is 150 Å². The summed E-state index contributed by atoms with van der Waals surface area (Å²) in [5.74, 6) is 0.462. The van der Waals surface area contributed by atoms with Crippen LogP contribution in [0.15, 0.2) is 54.7 Å². The summed E-state index contributed by atoms with van der Waals surface area (Å²) in [4.78, 5) is 16.4. The molecule has 26 heavy (non-hydrogen) atoms. The summed E-state index contributed by atoms with van der Waals surface area (Å²) in [7, 11) is 3.11. The summed E-state index contributed by atoms with van der Waals surface area (Å²) in [6.07, 6.45) is 4.61. The number of fused-ring (bicyclic) bond motifs is 1. The molecular weight excluding hydrogens is 335 g/mol. The molecule has 5 nitrogen and oxygen atoms in total. The second kappa shape index (κ2) is 7.65. The van der Waals surface area contributed by atoms with Crippen molar-refractivity contribution >= 4 is 28.6 Å². The van der Waals surface area contributed by atoms with Crippen LogP contribution in [0.1, 0.15) is 5.56 Å². The second-order valence-electron chi connectivity index (χ2n) is 5.46. The lowest BCUT2D eigenvalue weighted by Gasteiger charge is -2.08. The Balaban J connectivity index is 1.79. The molecule has 132 valence electrons. The fourth-order valence-corrected chi connectivity index (χ4v) is 2.53. The number of rotatable bonds is 5. The zero-order chi connectivity index (χ0) is 18.5.